The van der Waals surface area contributed by atoms with E-state index in [1.54, 1.807) is 23.5 Å². The Labute approximate surface area is 145 Å². The maximum absolute atomic E-state index is 13.0. The number of carbonyl (C=O) groups excluding carboxylic acids is 1. The average molecular weight is 347 g/mol. The molecule has 1 amide bonds. The lowest BCUT2D eigenvalue weighted by molar-refractivity contribution is -0.134. The van der Waals surface area contributed by atoms with E-state index in [0.717, 1.165) is 23.3 Å². The van der Waals surface area contributed by atoms with Crippen molar-refractivity contribution in [3.63, 3.8) is 0 Å². The van der Waals surface area contributed by atoms with E-state index in [-0.39, 0.29) is 23.6 Å². The van der Waals surface area contributed by atoms with E-state index in [1.165, 1.54) is 12.1 Å². The molecule has 5 heteroatoms. The lowest BCUT2D eigenvalue weighted by Crippen LogP contribution is -2.41. The summed E-state index contributed by atoms with van der Waals surface area (Å²) in [5.41, 5.74) is 0.744. The van der Waals surface area contributed by atoms with Gasteiger partial charge in [-0.15, -0.1) is 11.3 Å². The van der Waals surface area contributed by atoms with Crippen LogP contribution in [-0.4, -0.2) is 29.0 Å². The lowest BCUT2D eigenvalue weighted by atomic mass is 9.87. The molecule has 1 saturated heterocycles. The number of hydrogen-bond donors (Lipinski definition) is 1. The Hall–Kier alpha value is -1.72. The fraction of sp³-hybridized carbons (Fsp3) is 0.421. The van der Waals surface area contributed by atoms with E-state index < -0.39 is 6.10 Å². The SMILES string of the molecule is CC(C(=O)N1CCC(C(O)c2ccc(F)cc2)CC1)c1cccs1. The van der Waals surface area contributed by atoms with Gasteiger partial charge in [-0.05, 0) is 54.8 Å². The Morgan fingerprint density at radius 3 is 2.50 bits per heavy atom. The summed E-state index contributed by atoms with van der Waals surface area (Å²) >= 11 is 1.61. The third kappa shape index (κ3) is 3.68. The molecule has 3 rings (SSSR count). The molecule has 1 aromatic heterocycles. The molecule has 0 bridgehead atoms. The van der Waals surface area contributed by atoms with Crippen molar-refractivity contribution in [1.82, 2.24) is 4.90 Å². The number of carbonyl (C=O) groups is 1. The van der Waals surface area contributed by atoms with Gasteiger partial charge in [0, 0.05) is 18.0 Å². The van der Waals surface area contributed by atoms with E-state index in [0.29, 0.717) is 13.1 Å². The Balaban J connectivity index is 1.57. The highest BCUT2D eigenvalue weighted by molar-refractivity contribution is 7.10. The first-order chi connectivity index (χ1) is 11.6. The maximum atomic E-state index is 13.0. The predicted octanol–water partition coefficient (Wildman–Crippen LogP) is 3.96. The minimum atomic E-state index is -0.599. The molecule has 1 aromatic carbocycles. The normalized spacial score (nSPS) is 18.4. The molecule has 1 N–H and O–H groups in total. The van der Waals surface area contributed by atoms with Crippen LogP contribution in [0.1, 0.15) is 42.2 Å². The van der Waals surface area contributed by atoms with Crippen LogP contribution in [0.25, 0.3) is 0 Å². The second kappa shape index (κ2) is 7.45. The van der Waals surface area contributed by atoms with E-state index in [2.05, 4.69) is 0 Å². The molecule has 0 saturated carbocycles. The average Bonchev–Trinajstić information content (AvgIpc) is 3.15. The first kappa shape index (κ1) is 17.1. The number of aliphatic hydroxyl groups is 1. The molecule has 2 heterocycles. The van der Waals surface area contributed by atoms with E-state index in [4.69, 9.17) is 0 Å². The largest absolute Gasteiger partial charge is 0.388 e. The standard InChI is InChI=1S/C19H22FNO2S/c1-13(17-3-2-12-24-17)19(23)21-10-8-15(9-11-21)18(22)14-4-6-16(20)7-5-14/h2-7,12-13,15,18,22H,8-11H2,1H3. The molecule has 2 aromatic rings. The van der Waals surface area contributed by atoms with Crippen molar-refractivity contribution in [1.29, 1.82) is 0 Å². The summed E-state index contributed by atoms with van der Waals surface area (Å²) in [7, 11) is 0. The zero-order chi connectivity index (χ0) is 17.1. The third-order valence-electron chi connectivity index (χ3n) is 4.85. The quantitative estimate of drug-likeness (QED) is 0.909. The second-order valence-corrected chi connectivity index (χ2v) is 7.38. The molecule has 1 aliphatic heterocycles. The van der Waals surface area contributed by atoms with E-state index >= 15 is 0 Å². The van der Waals surface area contributed by atoms with Crippen LogP contribution in [0.2, 0.25) is 0 Å². The second-order valence-electron chi connectivity index (χ2n) is 6.40. The maximum Gasteiger partial charge on any atom is 0.230 e. The van der Waals surface area contributed by atoms with Gasteiger partial charge in [-0.2, -0.15) is 0 Å². The number of thiophene rings is 1. The van der Waals surface area contributed by atoms with Crippen LogP contribution in [0.4, 0.5) is 4.39 Å². The number of piperidine rings is 1. The van der Waals surface area contributed by atoms with Gasteiger partial charge in [-0.1, -0.05) is 18.2 Å². The first-order valence-corrected chi connectivity index (χ1v) is 9.20. The van der Waals surface area contributed by atoms with Crippen LogP contribution in [0.15, 0.2) is 41.8 Å². The van der Waals surface area contributed by atoms with Crippen LogP contribution in [0.5, 0.6) is 0 Å². The third-order valence-corrected chi connectivity index (χ3v) is 5.90. The number of hydrogen-bond acceptors (Lipinski definition) is 3. The van der Waals surface area contributed by atoms with Crippen LogP contribution in [0.3, 0.4) is 0 Å². The number of nitrogens with zero attached hydrogens (tertiary/aromatic N) is 1. The molecular formula is C19H22FNO2S. The number of aliphatic hydroxyl groups excluding tert-OH is 1. The first-order valence-electron chi connectivity index (χ1n) is 8.32. The summed E-state index contributed by atoms with van der Waals surface area (Å²) < 4.78 is 13.0. The summed E-state index contributed by atoms with van der Waals surface area (Å²) in [5, 5.41) is 12.5. The van der Waals surface area contributed by atoms with Crippen LogP contribution < -0.4 is 0 Å². The highest BCUT2D eigenvalue weighted by atomic mass is 32.1. The molecule has 24 heavy (non-hydrogen) atoms. The van der Waals surface area contributed by atoms with Crippen LogP contribution in [-0.2, 0) is 4.79 Å². The van der Waals surface area contributed by atoms with Crippen molar-refractivity contribution < 1.29 is 14.3 Å². The van der Waals surface area contributed by atoms with Crippen molar-refractivity contribution in [3.8, 4) is 0 Å². The van der Waals surface area contributed by atoms with Gasteiger partial charge in [0.15, 0.2) is 0 Å². The Morgan fingerprint density at radius 2 is 1.92 bits per heavy atom. The zero-order valence-corrected chi connectivity index (χ0v) is 14.5. The molecule has 0 aliphatic carbocycles. The summed E-state index contributed by atoms with van der Waals surface area (Å²) in [6, 6.07) is 9.99. The van der Waals surface area contributed by atoms with Crippen LogP contribution >= 0.6 is 11.3 Å². The number of rotatable bonds is 4. The fourth-order valence-corrected chi connectivity index (χ4v) is 4.08. The van der Waals surface area contributed by atoms with Gasteiger partial charge >= 0.3 is 0 Å². The highest BCUT2D eigenvalue weighted by Gasteiger charge is 2.30. The summed E-state index contributed by atoms with van der Waals surface area (Å²) in [4.78, 5) is 15.6. The summed E-state index contributed by atoms with van der Waals surface area (Å²) in [6.45, 7) is 3.28. The highest BCUT2D eigenvalue weighted by Crippen LogP contribution is 2.32. The van der Waals surface area contributed by atoms with Crippen molar-refractivity contribution in [2.75, 3.05) is 13.1 Å². The summed E-state index contributed by atoms with van der Waals surface area (Å²) in [5.74, 6) is -0.138. The predicted molar refractivity (Wildman–Crippen MR) is 93.4 cm³/mol. The van der Waals surface area contributed by atoms with E-state index in [1.807, 2.05) is 29.3 Å². The van der Waals surface area contributed by atoms with E-state index in [9.17, 15) is 14.3 Å². The van der Waals surface area contributed by atoms with Gasteiger partial charge in [0.1, 0.15) is 5.82 Å². The van der Waals surface area contributed by atoms with Gasteiger partial charge in [0.05, 0.1) is 12.0 Å². The van der Waals surface area contributed by atoms with Crippen molar-refractivity contribution >= 4 is 17.2 Å². The van der Waals surface area contributed by atoms with Gasteiger partial charge in [-0.3, -0.25) is 4.79 Å². The Morgan fingerprint density at radius 1 is 1.25 bits per heavy atom. The summed E-state index contributed by atoms with van der Waals surface area (Å²) in [6.07, 6.45) is 0.931. The molecular weight excluding hydrogens is 325 g/mol. The van der Waals surface area contributed by atoms with Gasteiger partial charge in [-0.25, -0.2) is 4.39 Å². The molecule has 1 aliphatic rings. The zero-order valence-electron chi connectivity index (χ0n) is 13.7. The number of halogens is 1. The van der Waals surface area contributed by atoms with Crippen molar-refractivity contribution in [2.45, 2.75) is 31.8 Å². The Bertz CT molecular complexity index is 663. The molecule has 128 valence electrons. The molecule has 2 atom stereocenters. The van der Waals surface area contributed by atoms with Gasteiger partial charge in [0.25, 0.3) is 0 Å². The fourth-order valence-electron chi connectivity index (χ4n) is 3.30. The molecule has 0 spiro atoms. The van der Waals surface area contributed by atoms with Gasteiger partial charge < -0.3 is 10.0 Å². The molecule has 3 nitrogen and oxygen atoms in total. The lowest BCUT2D eigenvalue weighted by Gasteiger charge is -2.35. The number of likely N-dealkylation sites (tertiary alicyclic amines) is 1. The minimum absolute atomic E-state index is 0.108. The van der Waals surface area contributed by atoms with Gasteiger partial charge in [0.2, 0.25) is 5.91 Å². The number of amides is 1. The monoisotopic (exact) mass is 347 g/mol. The Kier molecular flexibility index (Phi) is 5.31. The van der Waals surface area contributed by atoms with Crippen molar-refractivity contribution in [3.05, 3.63) is 58.0 Å². The van der Waals surface area contributed by atoms with Crippen LogP contribution in [0, 0.1) is 11.7 Å². The minimum Gasteiger partial charge on any atom is -0.388 e. The smallest absolute Gasteiger partial charge is 0.230 e. The molecule has 1 fully saturated rings. The van der Waals surface area contributed by atoms with Crippen molar-refractivity contribution in [2.24, 2.45) is 5.92 Å². The topological polar surface area (TPSA) is 40.5 Å². The molecule has 2 unspecified atom stereocenters. The number of benzene rings is 1. The molecule has 0 radical (unpaired) electrons.